The third-order valence-electron chi connectivity index (χ3n) is 3.51. The highest BCUT2D eigenvalue weighted by Crippen LogP contribution is 2.25. The highest BCUT2D eigenvalue weighted by molar-refractivity contribution is 8.01. The van der Waals surface area contributed by atoms with Gasteiger partial charge in [0.15, 0.2) is 4.34 Å². The lowest BCUT2D eigenvalue weighted by molar-refractivity contribution is -0.137. The average molecular weight is 445 g/mol. The van der Waals surface area contributed by atoms with E-state index in [1.54, 1.807) is 12.1 Å². The SMILES string of the molecule is CCc1ccc(N(CC(=O)Nc2nnc(SCC(=O)OC)s2)S(C)(=O)=O)cc1. The molecule has 152 valence electrons. The lowest BCUT2D eigenvalue weighted by Crippen LogP contribution is -2.37. The van der Waals surface area contributed by atoms with Crippen LogP contribution in [0, 0.1) is 0 Å². The second-order valence-electron chi connectivity index (χ2n) is 5.58. The number of benzene rings is 1. The van der Waals surface area contributed by atoms with Crippen molar-refractivity contribution in [3.63, 3.8) is 0 Å². The first-order valence-electron chi connectivity index (χ1n) is 8.12. The van der Waals surface area contributed by atoms with Gasteiger partial charge >= 0.3 is 5.97 Å². The number of hydrogen-bond donors (Lipinski definition) is 1. The van der Waals surface area contributed by atoms with Crippen LogP contribution in [-0.2, 0) is 30.8 Å². The maximum absolute atomic E-state index is 12.3. The fourth-order valence-corrected chi connectivity index (χ4v) is 4.54. The molecule has 0 spiro atoms. The van der Waals surface area contributed by atoms with Gasteiger partial charge in [0, 0.05) is 0 Å². The summed E-state index contributed by atoms with van der Waals surface area (Å²) < 4.78 is 30.3. The van der Waals surface area contributed by atoms with Crippen LogP contribution in [0.5, 0.6) is 0 Å². The quantitative estimate of drug-likeness (QED) is 0.353. The van der Waals surface area contributed by atoms with Crippen LogP contribution in [0.2, 0.25) is 0 Å². The molecule has 9 nitrogen and oxygen atoms in total. The van der Waals surface area contributed by atoms with Crippen LogP contribution in [0.4, 0.5) is 10.8 Å². The van der Waals surface area contributed by atoms with Crippen molar-refractivity contribution in [2.75, 3.05) is 35.3 Å². The number of aryl methyl sites for hydroxylation is 1. The van der Waals surface area contributed by atoms with Gasteiger partial charge in [-0.15, -0.1) is 10.2 Å². The van der Waals surface area contributed by atoms with E-state index in [0.717, 1.165) is 45.6 Å². The van der Waals surface area contributed by atoms with Crippen LogP contribution < -0.4 is 9.62 Å². The molecule has 2 aromatic rings. The van der Waals surface area contributed by atoms with Gasteiger partial charge in [-0.1, -0.05) is 42.2 Å². The summed E-state index contributed by atoms with van der Waals surface area (Å²) in [5.41, 5.74) is 1.47. The van der Waals surface area contributed by atoms with Crippen LogP contribution in [0.1, 0.15) is 12.5 Å². The number of ether oxygens (including phenoxy) is 1. The summed E-state index contributed by atoms with van der Waals surface area (Å²) in [5, 5.41) is 10.4. The standard InChI is InChI=1S/C16H20N4O5S3/c1-4-11-5-7-12(8-6-11)20(28(3,23)24)9-13(21)17-15-18-19-16(27-15)26-10-14(22)25-2/h5-8H,4,9-10H2,1-3H3,(H,17,18,21). The molecule has 0 aliphatic carbocycles. The Labute approximate surface area is 171 Å². The summed E-state index contributed by atoms with van der Waals surface area (Å²) >= 11 is 2.21. The molecular weight excluding hydrogens is 424 g/mol. The summed E-state index contributed by atoms with van der Waals surface area (Å²) in [6.07, 6.45) is 1.87. The molecule has 1 amide bonds. The number of nitrogens with one attached hydrogen (secondary N) is 1. The molecule has 1 N–H and O–H groups in total. The lowest BCUT2D eigenvalue weighted by Gasteiger charge is -2.21. The molecule has 0 aliphatic rings. The van der Waals surface area contributed by atoms with Gasteiger partial charge in [-0.3, -0.25) is 19.2 Å². The predicted octanol–water partition coefficient (Wildman–Crippen LogP) is 1.77. The second-order valence-corrected chi connectivity index (χ2v) is 9.68. The third kappa shape index (κ3) is 6.46. The van der Waals surface area contributed by atoms with E-state index in [2.05, 4.69) is 20.3 Å². The maximum atomic E-state index is 12.3. The topological polar surface area (TPSA) is 119 Å². The number of methoxy groups -OCH3 is 1. The number of carbonyl (C=O) groups is 2. The van der Waals surface area contributed by atoms with E-state index < -0.39 is 28.4 Å². The molecule has 0 unspecified atom stereocenters. The molecule has 0 saturated heterocycles. The second kappa shape index (κ2) is 9.85. The number of anilines is 2. The van der Waals surface area contributed by atoms with Gasteiger partial charge in [0.25, 0.3) is 0 Å². The van der Waals surface area contributed by atoms with E-state index in [4.69, 9.17) is 0 Å². The van der Waals surface area contributed by atoms with Crippen molar-refractivity contribution in [3.8, 4) is 0 Å². The average Bonchev–Trinajstić information content (AvgIpc) is 3.10. The highest BCUT2D eigenvalue weighted by Gasteiger charge is 2.21. The molecule has 0 radical (unpaired) electrons. The fourth-order valence-electron chi connectivity index (χ4n) is 2.09. The van der Waals surface area contributed by atoms with Crippen molar-refractivity contribution in [2.24, 2.45) is 0 Å². The summed E-state index contributed by atoms with van der Waals surface area (Å²) in [6, 6.07) is 6.97. The van der Waals surface area contributed by atoms with Gasteiger partial charge in [0.1, 0.15) is 6.54 Å². The lowest BCUT2D eigenvalue weighted by atomic mass is 10.1. The Kier molecular flexibility index (Phi) is 7.78. The predicted molar refractivity (Wildman–Crippen MR) is 109 cm³/mol. The monoisotopic (exact) mass is 444 g/mol. The molecule has 2 rings (SSSR count). The number of carbonyl (C=O) groups excluding carboxylic acids is 2. The minimum Gasteiger partial charge on any atom is -0.468 e. The molecule has 1 aromatic carbocycles. The third-order valence-corrected chi connectivity index (χ3v) is 6.60. The largest absolute Gasteiger partial charge is 0.468 e. The first kappa shape index (κ1) is 22.1. The van der Waals surface area contributed by atoms with Crippen LogP contribution >= 0.6 is 23.1 Å². The molecule has 0 aliphatic heterocycles. The number of sulfonamides is 1. The van der Waals surface area contributed by atoms with Gasteiger partial charge in [-0.25, -0.2) is 8.42 Å². The van der Waals surface area contributed by atoms with Crippen LogP contribution in [-0.4, -0.2) is 56.2 Å². The Morgan fingerprint density at radius 2 is 1.93 bits per heavy atom. The zero-order valence-corrected chi connectivity index (χ0v) is 18.0. The first-order valence-corrected chi connectivity index (χ1v) is 11.8. The van der Waals surface area contributed by atoms with E-state index in [0.29, 0.717) is 10.0 Å². The fraction of sp³-hybridized carbons (Fsp3) is 0.375. The first-order chi connectivity index (χ1) is 13.2. The molecular formula is C16H20N4O5S3. The number of amides is 1. The summed E-state index contributed by atoms with van der Waals surface area (Å²) in [4.78, 5) is 23.5. The molecule has 12 heteroatoms. The van der Waals surface area contributed by atoms with Crippen molar-refractivity contribution < 1.29 is 22.7 Å². The number of thioether (sulfide) groups is 1. The van der Waals surface area contributed by atoms with E-state index in [1.807, 2.05) is 19.1 Å². The normalized spacial score (nSPS) is 11.1. The van der Waals surface area contributed by atoms with Crippen LogP contribution in [0.25, 0.3) is 0 Å². The van der Waals surface area contributed by atoms with Gasteiger partial charge < -0.3 is 4.74 Å². The molecule has 28 heavy (non-hydrogen) atoms. The molecule has 1 aromatic heterocycles. The maximum Gasteiger partial charge on any atom is 0.316 e. The van der Waals surface area contributed by atoms with Crippen molar-refractivity contribution in [1.82, 2.24) is 10.2 Å². The summed E-state index contributed by atoms with van der Waals surface area (Å²) in [5.74, 6) is -0.872. The minimum absolute atomic E-state index is 0.0781. The molecule has 0 saturated carbocycles. The molecule has 0 fully saturated rings. The zero-order chi connectivity index (χ0) is 20.7. The minimum atomic E-state index is -3.66. The number of esters is 1. The Morgan fingerprint density at radius 3 is 2.50 bits per heavy atom. The van der Waals surface area contributed by atoms with Gasteiger partial charge in [0.2, 0.25) is 21.1 Å². The molecule has 0 bridgehead atoms. The summed E-state index contributed by atoms with van der Waals surface area (Å²) in [7, 11) is -2.37. The van der Waals surface area contributed by atoms with Gasteiger partial charge in [0.05, 0.1) is 24.8 Å². The van der Waals surface area contributed by atoms with Crippen molar-refractivity contribution in [2.45, 2.75) is 17.7 Å². The number of hydrogen-bond acceptors (Lipinski definition) is 9. The Balaban J connectivity index is 2.04. The van der Waals surface area contributed by atoms with E-state index in [1.165, 1.54) is 7.11 Å². The number of rotatable bonds is 9. The van der Waals surface area contributed by atoms with E-state index in [9.17, 15) is 18.0 Å². The highest BCUT2D eigenvalue weighted by atomic mass is 32.2. The van der Waals surface area contributed by atoms with E-state index >= 15 is 0 Å². The van der Waals surface area contributed by atoms with Crippen LogP contribution in [0.3, 0.4) is 0 Å². The number of aromatic nitrogens is 2. The summed E-state index contributed by atoms with van der Waals surface area (Å²) in [6.45, 7) is 1.60. The number of nitrogens with zero attached hydrogens (tertiary/aromatic N) is 3. The Bertz CT molecular complexity index is 928. The van der Waals surface area contributed by atoms with Crippen molar-refractivity contribution in [3.05, 3.63) is 29.8 Å². The smallest absolute Gasteiger partial charge is 0.316 e. The molecule has 1 heterocycles. The van der Waals surface area contributed by atoms with Gasteiger partial charge in [-0.05, 0) is 24.1 Å². The van der Waals surface area contributed by atoms with E-state index in [-0.39, 0.29) is 10.9 Å². The van der Waals surface area contributed by atoms with Gasteiger partial charge in [-0.2, -0.15) is 0 Å². The van der Waals surface area contributed by atoms with Crippen LogP contribution in [0.15, 0.2) is 28.6 Å². The Hall–Kier alpha value is -2.18. The van der Waals surface area contributed by atoms with Crippen molar-refractivity contribution >= 4 is 55.8 Å². The Morgan fingerprint density at radius 1 is 1.25 bits per heavy atom. The van der Waals surface area contributed by atoms with Crippen molar-refractivity contribution in [1.29, 1.82) is 0 Å². The zero-order valence-electron chi connectivity index (χ0n) is 15.5. The molecule has 0 atom stereocenters.